The molecule has 0 aromatic carbocycles. The van der Waals surface area contributed by atoms with Gasteiger partial charge < -0.3 is 9.80 Å². The largest absolute Gasteiger partial charge is 0.433 e. The first-order valence-corrected chi connectivity index (χ1v) is 8.21. The lowest BCUT2D eigenvalue weighted by Gasteiger charge is -2.23. The van der Waals surface area contributed by atoms with Gasteiger partial charge in [0, 0.05) is 50.4 Å². The van der Waals surface area contributed by atoms with E-state index in [2.05, 4.69) is 25.9 Å². The molecule has 2 aromatic heterocycles. The van der Waals surface area contributed by atoms with Crippen LogP contribution in [0.3, 0.4) is 0 Å². The van der Waals surface area contributed by atoms with E-state index in [0.717, 1.165) is 12.3 Å². The summed E-state index contributed by atoms with van der Waals surface area (Å²) in [5.74, 6) is 1.35. The van der Waals surface area contributed by atoms with Crippen molar-refractivity contribution in [2.45, 2.75) is 6.18 Å². The van der Waals surface area contributed by atoms with Crippen LogP contribution in [-0.2, 0) is 6.18 Å². The summed E-state index contributed by atoms with van der Waals surface area (Å²) in [5, 5.41) is 9.23. The SMILES string of the molecule is N#Cc1cccnc1N1CC2CN(c3nccc(C(F)(F)F)n3)CC2C1. The predicted octanol–water partition coefficient (Wildman–Crippen LogP) is 2.33. The van der Waals surface area contributed by atoms with Crippen molar-refractivity contribution in [3.63, 3.8) is 0 Å². The smallest absolute Gasteiger partial charge is 0.355 e. The summed E-state index contributed by atoms with van der Waals surface area (Å²) >= 11 is 0. The van der Waals surface area contributed by atoms with E-state index in [0.29, 0.717) is 37.6 Å². The van der Waals surface area contributed by atoms with Crippen LogP contribution < -0.4 is 9.80 Å². The predicted molar refractivity (Wildman–Crippen MR) is 87.4 cm³/mol. The second kappa shape index (κ2) is 6.12. The highest BCUT2D eigenvalue weighted by Crippen LogP contribution is 2.36. The molecular weight excluding hydrogens is 345 g/mol. The second-order valence-corrected chi connectivity index (χ2v) is 6.56. The average Bonchev–Trinajstić information content (AvgIpc) is 3.20. The molecule has 2 aromatic rings. The first kappa shape index (κ1) is 16.6. The Morgan fingerprint density at radius 1 is 1.00 bits per heavy atom. The fourth-order valence-electron chi connectivity index (χ4n) is 3.72. The Morgan fingerprint density at radius 2 is 1.69 bits per heavy atom. The lowest BCUT2D eigenvalue weighted by atomic mass is 10.0. The summed E-state index contributed by atoms with van der Waals surface area (Å²) in [5.41, 5.74) is -0.390. The van der Waals surface area contributed by atoms with Crippen LogP contribution in [0.15, 0.2) is 30.6 Å². The number of hydrogen-bond donors (Lipinski definition) is 0. The molecule has 0 radical (unpaired) electrons. The van der Waals surface area contributed by atoms with Crippen molar-refractivity contribution in [1.29, 1.82) is 5.26 Å². The molecule has 0 saturated carbocycles. The van der Waals surface area contributed by atoms with E-state index < -0.39 is 11.9 Å². The highest BCUT2D eigenvalue weighted by molar-refractivity contribution is 5.54. The van der Waals surface area contributed by atoms with E-state index in [4.69, 9.17) is 0 Å². The van der Waals surface area contributed by atoms with Crippen LogP contribution in [0.2, 0.25) is 0 Å². The molecule has 0 N–H and O–H groups in total. The van der Waals surface area contributed by atoms with Gasteiger partial charge in [-0.05, 0) is 18.2 Å². The van der Waals surface area contributed by atoms with Crippen molar-refractivity contribution in [1.82, 2.24) is 15.0 Å². The maximum absolute atomic E-state index is 12.8. The van der Waals surface area contributed by atoms with Gasteiger partial charge >= 0.3 is 6.18 Å². The van der Waals surface area contributed by atoms with E-state index in [-0.39, 0.29) is 17.8 Å². The summed E-state index contributed by atoms with van der Waals surface area (Å²) in [4.78, 5) is 15.9. The van der Waals surface area contributed by atoms with E-state index in [1.807, 2.05) is 4.90 Å². The van der Waals surface area contributed by atoms with Crippen molar-refractivity contribution in [3.05, 3.63) is 41.9 Å². The zero-order chi connectivity index (χ0) is 18.3. The van der Waals surface area contributed by atoms with Gasteiger partial charge in [0.1, 0.15) is 17.6 Å². The fourth-order valence-corrected chi connectivity index (χ4v) is 3.72. The Labute approximate surface area is 147 Å². The topological polar surface area (TPSA) is 68.9 Å². The minimum atomic E-state index is -4.48. The van der Waals surface area contributed by atoms with Crippen molar-refractivity contribution < 1.29 is 13.2 Å². The summed E-state index contributed by atoms with van der Waals surface area (Å²) in [6.07, 6.45) is -1.66. The van der Waals surface area contributed by atoms with Crippen LogP contribution in [0.25, 0.3) is 0 Å². The number of nitrogens with zero attached hydrogens (tertiary/aromatic N) is 6. The first-order chi connectivity index (χ1) is 12.5. The lowest BCUT2D eigenvalue weighted by Crippen LogP contribution is -2.30. The molecule has 6 nitrogen and oxygen atoms in total. The number of fused-ring (bicyclic) bond motifs is 1. The molecule has 4 rings (SSSR count). The van der Waals surface area contributed by atoms with Gasteiger partial charge in [-0.2, -0.15) is 18.4 Å². The van der Waals surface area contributed by atoms with Gasteiger partial charge in [0.15, 0.2) is 0 Å². The van der Waals surface area contributed by atoms with Crippen LogP contribution in [0.5, 0.6) is 0 Å². The first-order valence-electron chi connectivity index (χ1n) is 8.21. The second-order valence-electron chi connectivity index (χ2n) is 6.56. The van der Waals surface area contributed by atoms with Gasteiger partial charge in [-0.1, -0.05) is 0 Å². The monoisotopic (exact) mass is 360 g/mol. The molecular formula is C17H15F3N6. The Balaban J connectivity index is 1.48. The van der Waals surface area contributed by atoms with Crippen molar-refractivity contribution in [3.8, 4) is 6.07 Å². The zero-order valence-corrected chi connectivity index (χ0v) is 13.7. The summed E-state index contributed by atoms with van der Waals surface area (Å²) in [6, 6.07) is 6.50. The molecule has 2 saturated heterocycles. The number of alkyl halides is 3. The molecule has 9 heteroatoms. The number of anilines is 2. The third-order valence-corrected chi connectivity index (χ3v) is 4.91. The van der Waals surface area contributed by atoms with E-state index in [9.17, 15) is 18.4 Å². The van der Waals surface area contributed by atoms with Crippen LogP contribution in [0.4, 0.5) is 24.9 Å². The van der Waals surface area contributed by atoms with E-state index in [1.54, 1.807) is 18.3 Å². The van der Waals surface area contributed by atoms with E-state index in [1.165, 1.54) is 0 Å². The number of rotatable bonds is 2. The third kappa shape index (κ3) is 2.92. The molecule has 2 atom stereocenters. The molecule has 0 amide bonds. The van der Waals surface area contributed by atoms with Crippen molar-refractivity contribution >= 4 is 11.8 Å². The van der Waals surface area contributed by atoms with Crippen LogP contribution in [0, 0.1) is 23.2 Å². The maximum atomic E-state index is 12.8. The van der Waals surface area contributed by atoms with Crippen LogP contribution >= 0.6 is 0 Å². The Kier molecular flexibility index (Phi) is 3.90. The number of halogens is 3. The number of pyridine rings is 1. The van der Waals surface area contributed by atoms with Gasteiger partial charge in [-0.25, -0.2) is 15.0 Å². The normalized spacial score (nSPS) is 22.4. The van der Waals surface area contributed by atoms with Gasteiger partial charge in [-0.15, -0.1) is 0 Å². The molecule has 26 heavy (non-hydrogen) atoms. The third-order valence-electron chi connectivity index (χ3n) is 4.91. The standard InChI is InChI=1S/C17H15F3N6/c18-17(19,20)14-3-5-23-16(24-14)26-9-12-7-25(8-13(12)10-26)15-11(6-21)2-1-4-22-15/h1-5,12-13H,7-10H2. The highest BCUT2D eigenvalue weighted by Gasteiger charge is 2.42. The van der Waals surface area contributed by atoms with Crippen LogP contribution in [-0.4, -0.2) is 41.1 Å². The van der Waals surface area contributed by atoms with E-state index >= 15 is 0 Å². The molecule has 0 aliphatic carbocycles. The summed E-state index contributed by atoms with van der Waals surface area (Å²) in [7, 11) is 0. The maximum Gasteiger partial charge on any atom is 0.433 e. The number of nitriles is 1. The Hall–Kier alpha value is -2.89. The van der Waals surface area contributed by atoms with Gasteiger partial charge in [0.2, 0.25) is 5.95 Å². The fraction of sp³-hybridized carbons (Fsp3) is 0.412. The molecule has 0 spiro atoms. The number of hydrogen-bond acceptors (Lipinski definition) is 6. The molecule has 0 bridgehead atoms. The Morgan fingerprint density at radius 3 is 2.35 bits per heavy atom. The molecule has 2 unspecified atom stereocenters. The lowest BCUT2D eigenvalue weighted by molar-refractivity contribution is -0.141. The number of aromatic nitrogens is 3. The van der Waals surface area contributed by atoms with Gasteiger partial charge in [-0.3, -0.25) is 0 Å². The van der Waals surface area contributed by atoms with Crippen molar-refractivity contribution in [2.75, 3.05) is 36.0 Å². The summed E-state index contributed by atoms with van der Waals surface area (Å²) < 4.78 is 38.5. The zero-order valence-electron chi connectivity index (χ0n) is 13.7. The molecule has 2 fully saturated rings. The van der Waals surface area contributed by atoms with Gasteiger partial charge in [0.25, 0.3) is 0 Å². The quantitative estimate of drug-likeness (QED) is 0.819. The molecule has 134 valence electrons. The molecule has 4 heterocycles. The minimum absolute atomic E-state index is 0.122. The van der Waals surface area contributed by atoms with Crippen LogP contribution in [0.1, 0.15) is 11.3 Å². The minimum Gasteiger partial charge on any atom is -0.355 e. The Bertz CT molecular complexity index is 848. The summed E-state index contributed by atoms with van der Waals surface area (Å²) in [6.45, 7) is 2.62. The molecule has 2 aliphatic rings. The average molecular weight is 360 g/mol. The highest BCUT2D eigenvalue weighted by atomic mass is 19.4. The molecule has 2 aliphatic heterocycles. The van der Waals surface area contributed by atoms with Gasteiger partial charge in [0.05, 0.1) is 5.56 Å². The van der Waals surface area contributed by atoms with Crippen molar-refractivity contribution in [2.24, 2.45) is 11.8 Å².